The maximum atomic E-state index is 13.4. The minimum absolute atomic E-state index is 0. The first-order valence-corrected chi connectivity index (χ1v) is 9.66. The van der Waals surface area contributed by atoms with Crippen LogP contribution in [0.5, 0.6) is 0 Å². The van der Waals surface area contributed by atoms with E-state index in [2.05, 4.69) is 10.6 Å². The third-order valence-electron chi connectivity index (χ3n) is 5.05. The number of carbonyl (C=O) groups excluding carboxylic acids is 3. The number of hydroxylamine groups is 3. The molecular formula is C19H27ClN4O6. The molecule has 30 heavy (non-hydrogen) atoms. The van der Waals surface area contributed by atoms with Crippen LogP contribution in [0.4, 0.5) is 5.69 Å². The Hall–Kier alpha value is -2.08. The summed E-state index contributed by atoms with van der Waals surface area (Å²) in [6, 6.07) is 3.96. The van der Waals surface area contributed by atoms with Crippen LogP contribution >= 0.6 is 12.4 Å². The summed E-state index contributed by atoms with van der Waals surface area (Å²) in [6.45, 7) is 2.65. The van der Waals surface area contributed by atoms with E-state index in [0.29, 0.717) is 56.3 Å². The molecule has 1 aromatic carbocycles. The standard InChI is InChI=1S/C19H26N4O6.ClH/c20-6-8-28-10-11-29-9-7-21-15-3-1-2-13-14(15)12-23(27,19(13)26)16-4-5-17(24)22-18(16)25;/h1-3,16,21H,4-12,20H2,(H,22,24,25);1H. The highest BCUT2D eigenvalue weighted by Crippen LogP contribution is 2.37. The monoisotopic (exact) mass is 442 g/mol. The van der Waals surface area contributed by atoms with Gasteiger partial charge in [-0.15, -0.1) is 12.4 Å². The van der Waals surface area contributed by atoms with E-state index in [9.17, 15) is 19.6 Å². The average molecular weight is 443 g/mol. The van der Waals surface area contributed by atoms with Gasteiger partial charge >= 0.3 is 5.91 Å². The van der Waals surface area contributed by atoms with Gasteiger partial charge in [0.15, 0.2) is 6.04 Å². The second-order valence-electron chi connectivity index (χ2n) is 7.00. The smallest absolute Gasteiger partial charge is 0.347 e. The summed E-state index contributed by atoms with van der Waals surface area (Å²) in [4.78, 5) is 36.4. The lowest BCUT2D eigenvalue weighted by atomic mass is 10.0. The first-order chi connectivity index (χ1) is 14.0. The van der Waals surface area contributed by atoms with E-state index in [4.69, 9.17) is 15.2 Å². The number of hydrogen-bond donors (Lipinski definition) is 3. The Morgan fingerprint density at radius 2 is 1.90 bits per heavy atom. The van der Waals surface area contributed by atoms with Crippen LogP contribution in [0.3, 0.4) is 0 Å². The van der Waals surface area contributed by atoms with Gasteiger partial charge in [-0.25, -0.2) is 4.79 Å². The van der Waals surface area contributed by atoms with Crippen molar-refractivity contribution in [2.24, 2.45) is 5.73 Å². The van der Waals surface area contributed by atoms with E-state index in [1.165, 1.54) is 0 Å². The topological polar surface area (TPSA) is 143 Å². The number of nitrogens with one attached hydrogen (secondary N) is 2. The Kier molecular flexibility index (Phi) is 8.71. The summed E-state index contributed by atoms with van der Waals surface area (Å²) in [5.41, 5.74) is 6.90. The van der Waals surface area contributed by atoms with Crippen molar-refractivity contribution in [1.82, 2.24) is 5.32 Å². The van der Waals surface area contributed by atoms with Gasteiger partial charge in [0, 0.05) is 37.2 Å². The Morgan fingerprint density at radius 3 is 2.60 bits per heavy atom. The third-order valence-corrected chi connectivity index (χ3v) is 5.05. The van der Waals surface area contributed by atoms with Crippen molar-refractivity contribution in [2.45, 2.75) is 25.4 Å². The number of rotatable bonds is 10. The summed E-state index contributed by atoms with van der Waals surface area (Å²) in [6.07, 6.45) is 0.121. The first kappa shape index (κ1) is 24.2. The van der Waals surface area contributed by atoms with E-state index in [1.54, 1.807) is 18.2 Å². The number of halogens is 1. The number of quaternary nitrogens is 1. The number of imide groups is 1. The van der Waals surface area contributed by atoms with Crippen LogP contribution < -0.4 is 16.4 Å². The van der Waals surface area contributed by atoms with Gasteiger partial charge in [0.1, 0.15) is 6.54 Å². The fraction of sp³-hybridized carbons (Fsp3) is 0.526. The zero-order valence-electron chi connectivity index (χ0n) is 16.6. The number of anilines is 1. The highest BCUT2D eigenvalue weighted by atomic mass is 35.5. The predicted molar refractivity (Wildman–Crippen MR) is 111 cm³/mol. The van der Waals surface area contributed by atoms with Crippen LogP contribution in [0.15, 0.2) is 18.2 Å². The maximum Gasteiger partial charge on any atom is 0.347 e. The van der Waals surface area contributed by atoms with Crippen LogP contribution in [0.1, 0.15) is 28.8 Å². The Bertz CT molecular complexity index is 792. The molecule has 1 aromatic rings. The number of fused-ring (bicyclic) bond motifs is 1. The molecule has 0 saturated carbocycles. The lowest BCUT2D eigenvalue weighted by Gasteiger charge is -2.42. The molecular weight excluding hydrogens is 416 g/mol. The van der Waals surface area contributed by atoms with Crippen molar-refractivity contribution in [1.29, 1.82) is 0 Å². The van der Waals surface area contributed by atoms with Gasteiger partial charge in [-0.2, -0.15) is 0 Å². The van der Waals surface area contributed by atoms with Crippen molar-refractivity contribution in [3.63, 3.8) is 0 Å². The normalized spacial score (nSPS) is 23.0. The fourth-order valence-corrected chi connectivity index (χ4v) is 3.63. The molecule has 1 saturated heterocycles. The maximum absolute atomic E-state index is 13.4. The van der Waals surface area contributed by atoms with Gasteiger partial charge in [0.05, 0.1) is 32.0 Å². The molecule has 2 unspecified atom stereocenters. The molecule has 3 rings (SSSR count). The van der Waals surface area contributed by atoms with Gasteiger partial charge in [0.2, 0.25) is 5.91 Å². The molecule has 0 spiro atoms. The second kappa shape index (κ2) is 10.8. The number of piperidine rings is 1. The summed E-state index contributed by atoms with van der Waals surface area (Å²) in [5.74, 6) is -1.75. The molecule has 4 N–H and O–H groups in total. The first-order valence-electron chi connectivity index (χ1n) is 9.66. The Balaban J connectivity index is 0.00000320. The third kappa shape index (κ3) is 5.15. The van der Waals surface area contributed by atoms with Gasteiger partial charge in [-0.1, -0.05) is 6.07 Å². The minimum atomic E-state index is -1.29. The molecule has 1 fully saturated rings. The van der Waals surface area contributed by atoms with Gasteiger partial charge < -0.3 is 25.7 Å². The molecule has 3 amide bonds. The number of amides is 3. The minimum Gasteiger partial charge on any atom is -0.624 e. The molecule has 2 heterocycles. The zero-order chi connectivity index (χ0) is 20.9. The van der Waals surface area contributed by atoms with Gasteiger partial charge in [-0.05, 0) is 12.1 Å². The van der Waals surface area contributed by atoms with E-state index in [-0.39, 0.29) is 31.8 Å². The quantitative estimate of drug-likeness (QED) is 0.203. The summed E-state index contributed by atoms with van der Waals surface area (Å²) < 4.78 is 9.38. The van der Waals surface area contributed by atoms with Crippen molar-refractivity contribution < 1.29 is 28.5 Å². The van der Waals surface area contributed by atoms with E-state index in [0.717, 1.165) is 0 Å². The molecule has 0 bridgehead atoms. The number of nitrogens with zero attached hydrogens (tertiary/aromatic N) is 1. The molecule has 0 aliphatic carbocycles. The second-order valence-corrected chi connectivity index (χ2v) is 7.00. The molecule has 10 nitrogen and oxygen atoms in total. The Morgan fingerprint density at radius 1 is 1.17 bits per heavy atom. The largest absolute Gasteiger partial charge is 0.624 e. The summed E-state index contributed by atoms with van der Waals surface area (Å²) >= 11 is 0. The molecule has 11 heteroatoms. The highest BCUT2D eigenvalue weighted by molar-refractivity contribution is 6.02. The molecule has 166 valence electrons. The number of benzene rings is 1. The van der Waals surface area contributed by atoms with Crippen LogP contribution in [0, 0.1) is 5.21 Å². The van der Waals surface area contributed by atoms with Gasteiger partial charge in [-0.3, -0.25) is 19.6 Å². The number of nitrogens with two attached hydrogens (primary N) is 1. The van der Waals surface area contributed by atoms with Crippen LogP contribution in [0.2, 0.25) is 0 Å². The lowest BCUT2D eigenvalue weighted by molar-refractivity contribution is -0.825. The number of ether oxygens (including phenoxy) is 2. The van der Waals surface area contributed by atoms with Crippen molar-refractivity contribution in [3.8, 4) is 0 Å². The molecule has 2 atom stereocenters. The number of carbonyl (C=O) groups is 3. The van der Waals surface area contributed by atoms with Crippen LogP contribution in [-0.2, 0) is 25.6 Å². The predicted octanol–water partition coefficient (Wildman–Crippen LogP) is 0.286. The average Bonchev–Trinajstić information content (AvgIpc) is 2.96. The molecule has 2 aliphatic heterocycles. The summed E-state index contributed by atoms with van der Waals surface area (Å²) in [5, 5.41) is 18.7. The summed E-state index contributed by atoms with van der Waals surface area (Å²) in [7, 11) is 0. The molecule has 2 aliphatic rings. The van der Waals surface area contributed by atoms with Crippen molar-refractivity contribution in [3.05, 3.63) is 34.5 Å². The van der Waals surface area contributed by atoms with Gasteiger partial charge in [0.25, 0.3) is 5.91 Å². The SMILES string of the molecule is Cl.NCCOCCOCCNc1cccc2c1C[N+]([O-])(C1CCC(=O)NC1=O)C2=O. The van der Waals surface area contributed by atoms with E-state index in [1.807, 2.05) is 0 Å². The zero-order valence-corrected chi connectivity index (χ0v) is 17.4. The van der Waals surface area contributed by atoms with E-state index < -0.39 is 28.4 Å². The lowest BCUT2D eigenvalue weighted by Crippen LogP contribution is -2.60. The van der Waals surface area contributed by atoms with Crippen molar-refractivity contribution in [2.75, 3.05) is 44.8 Å². The molecule has 0 aromatic heterocycles. The Labute approximate surface area is 180 Å². The van der Waals surface area contributed by atoms with Crippen molar-refractivity contribution >= 4 is 35.8 Å². The van der Waals surface area contributed by atoms with Crippen LogP contribution in [-0.4, -0.2) is 67.9 Å². The van der Waals surface area contributed by atoms with E-state index >= 15 is 0 Å². The fourth-order valence-electron chi connectivity index (χ4n) is 3.63. The van der Waals surface area contributed by atoms with Crippen LogP contribution in [0.25, 0.3) is 0 Å². The highest BCUT2D eigenvalue weighted by Gasteiger charge is 2.49. The molecule has 0 radical (unpaired) electrons. The number of hydrogen-bond acceptors (Lipinski definition) is 8.